The molecule has 1 saturated heterocycles. The minimum absolute atomic E-state index is 0.105. The lowest BCUT2D eigenvalue weighted by molar-refractivity contribution is 0.0718. The third-order valence-corrected chi connectivity index (χ3v) is 5.54. The highest BCUT2D eigenvalue weighted by Crippen LogP contribution is 2.22. The van der Waals surface area contributed by atoms with Gasteiger partial charge in [-0.05, 0) is 50.6 Å². The first-order valence-corrected chi connectivity index (χ1v) is 10.2. The largest absolute Gasteiger partial charge is 0.508 e. The number of hydrogen-bond acceptors (Lipinski definition) is 6. The molecule has 0 aliphatic carbocycles. The highest BCUT2D eigenvalue weighted by molar-refractivity contribution is 5.98. The fraction of sp³-hybridized carbons (Fsp3) is 0.304. The lowest BCUT2D eigenvalue weighted by atomic mass is 10.1. The van der Waals surface area contributed by atoms with Crippen LogP contribution in [0, 0.1) is 13.8 Å². The smallest absolute Gasteiger partial charge is 0.254 e. The monoisotopic (exact) mass is 420 g/mol. The maximum absolute atomic E-state index is 13.1. The summed E-state index contributed by atoms with van der Waals surface area (Å²) in [5, 5.41) is 19.3. The topological polar surface area (TPSA) is 107 Å². The van der Waals surface area contributed by atoms with E-state index in [0.717, 1.165) is 16.9 Å². The number of fused-ring (bicyclic) bond motifs is 1. The van der Waals surface area contributed by atoms with Gasteiger partial charge in [-0.25, -0.2) is 9.97 Å². The van der Waals surface area contributed by atoms with Gasteiger partial charge in [0.15, 0.2) is 0 Å². The molecule has 4 rings (SSSR count). The first kappa shape index (κ1) is 20.6. The molecular weight excluding hydrogens is 396 g/mol. The van der Waals surface area contributed by atoms with E-state index in [1.54, 1.807) is 21.9 Å². The molecule has 0 bridgehead atoms. The Bertz CT molecular complexity index is 1160. The van der Waals surface area contributed by atoms with Crippen LogP contribution in [0.4, 0.5) is 0 Å². The summed E-state index contributed by atoms with van der Waals surface area (Å²) < 4.78 is 0. The van der Waals surface area contributed by atoms with Gasteiger partial charge in [-0.2, -0.15) is 0 Å². The molecule has 1 aliphatic heterocycles. The second-order valence-corrected chi connectivity index (χ2v) is 7.77. The molecule has 0 radical (unpaired) electrons. The molecule has 2 aromatic carbocycles. The van der Waals surface area contributed by atoms with E-state index in [1.807, 2.05) is 19.9 Å². The number of aromatic nitrogens is 2. The number of phenolic OH excluding ortho intramolecular Hbond substituents is 2. The van der Waals surface area contributed by atoms with E-state index in [0.29, 0.717) is 43.7 Å². The summed E-state index contributed by atoms with van der Waals surface area (Å²) in [5.41, 5.74) is 3.90. The van der Waals surface area contributed by atoms with Crippen LogP contribution in [0.3, 0.4) is 0 Å². The number of hydrogen-bond donors (Lipinski definition) is 2. The van der Waals surface area contributed by atoms with Crippen LogP contribution in [-0.4, -0.2) is 68.0 Å². The van der Waals surface area contributed by atoms with Gasteiger partial charge < -0.3 is 20.0 Å². The van der Waals surface area contributed by atoms with Gasteiger partial charge >= 0.3 is 0 Å². The van der Waals surface area contributed by atoms with Crippen molar-refractivity contribution in [2.75, 3.05) is 26.2 Å². The van der Waals surface area contributed by atoms with E-state index in [1.165, 1.54) is 18.2 Å². The summed E-state index contributed by atoms with van der Waals surface area (Å²) in [4.78, 5) is 38.3. The van der Waals surface area contributed by atoms with E-state index >= 15 is 0 Å². The van der Waals surface area contributed by atoms with Gasteiger partial charge in [0.25, 0.3) is 11.8 Å². The van der Waals surface area contributed by atoms with Gasteiger partial charge in [0, 0.05) is 43.4 Å². The zero-order valence-corrected chi connectivity index (χ0v) is 17.5. The Morgan fingerprint density at radius 1 is 0.742 bits per heavy atom. The van der Waals surface area contributed by atoms with Gasteiger partial charge in [-0.15, -0.1) is 0 Å². The molecule has 31 heavy (non-hydrogen) atoms. The van der Waals surface area contributed by atoms with Crippen molar-refractivity contribution >= 4 is 22.8 Å². The molecule has 0 saturated carbocycles. The highest BCUT2D eigenvalue weighted by atomic mass is 16.3. The van der Waals surface area contributed by atoms with Gasteiger partial charge in [0.05, 0.1) is 22.4 Å². The molecule has 1 aromatic heterocycles. The third-order valence-electron chi connectivity index (χ3n) is 5.54. The lowest BCUT2D eigenvalue weighted by Crippen LogP contribution is -2.37. The average molecular weight is 420 g/mol. The molecule has 2 heterocycles. The molecule has 0 spiro atoms. The van der Waals surface area contributed by atoms with E-state index in [9.17, 15) is 19.8 Å². The van der Waals surface area contributed by atoms with Crippen molar-refractivity contribution in [3.05, 3.63) is 58.9 Å². The van der Waals surface area contributed by atoms with Gasteiger partial charge in [0.2, 0.25) is 0 Å². The van der Waals surface area contributed by atoms with Crippen molar-refractivity contribution in [1.82, 2.24) is 19.8 Å². The molecule has 1 fully saturated rings. The summed E-state index contributed by atoms with van der Waals surface area (Å²) in [6, 6.07) is 9.17. The van der Waals surface area contributed by atoms with Crippen LogP contribution in [-0.2, 0) is 0 Å². The second kappa shape index (κ2) is 8.22. The lowest BCUT2D eigenvalue weighted by Gasteiger charge is -2.22. The van der Waals surface area contributed by atoms with Crippen LogP contribution in [0.5, 0.6) is 11.5 Å². The molecule has 8 heteroatoms. The predicted octanol–water partition coefficient (Wildman–Crippen LogP) is 2.65. The Labute approximate surface area is 179 Å². The summed E-state index contributed by atoms with van der Waals surface area (Å²) in [5.74, 6) is -0.724. The standard InChI is InChI=1S/C23H24N4O4/c1-14-15(2)25-21-12-16(4-5-20(21)24-14)22(30)26-6-3-7-27(9-8-26)23(31)17-10-18(28)13-19(29)11-17/h4-5,10-13,28-29H,3,6-9H2,1-2H3. The number of benzene rings is 2. The van der Waals surface area contributed by atoms with Gasteiger partial charge in [-0.3, -0.25) is 9.59 Å². The molecule has 2 N–H and O–H groups in total. The van der Waals surface area contributed by atoms with Gasteiger partial charge in [-0.1, -0.05) is 0 Å². The van der Waals surface area contributed by atoms with Crippen molar-refractivity contribution in [2.45, 2.75) is 20.3 Å². The fourth-order valence-corrected chi connectivity index (χ4v) is 3.77. The maximum atomic E-state index is 13.1. The summed E-state index contributed by atoms with van der Waals surface area (Å²) in [7, 11) is 0. The molecule has 8 nitrogen and oxygen atoms in total. The van der Waals surface area contributed by atoms with Crippen LogP contribution in [0.1, 0.15) is 38.5 Å². The van der Waals surface area contributed by atoms with E-state index in [4.69, 9.17) is 0 Å². The highest BCUT2D eigenvalue weighted by Gasteiger charge is 2.24. The molecule has 160 valence electrons. The number of aryl methyl sites for hydroxylation is 2. The van der Waals surface area contributed by atoms with Crippen molar-refractivity contribution in [3.63, 3.8) is 0 Å². The number of carbonyl (C=O) groups is 2. The normalized spacial score (nSPS) is 14.5. The Hall–Kier alpha value is -3.68. The van der Waals surface area contributed by atoms with Crippen molar-refractivity contribution in [1.29, 1.82) is 0 Å². The Balaban J connectivity index is 1.49. The van der Waals surface area contributed by atoms with E-state index < -0.39 is 0 Å². The van der Waals surface area contributed by atoms with Crippen molar-refractivity contribution in [2.24, 2.45) is 0 Å². The average Bonchev–Trinajstić information content (AvgIpc) is 2.99. The number of rotatable bonds is 2. The van der Waals surface area contributed by atoms with Crippen LogP contribution >= 0.6 is 0 Å². The number of aromatic hydroxyl groups is 2. The quantitative estimate of drug-likeness (QED) is 0.660. The summed E-state index contributed by atoms with van der Waals surface area (Å²) in [6.45, 7) is 5.58. The zero-order chi connectivity index (χ0) is 22.1. The Kier molecular flexibility index (Phi) is 5.46. The molecule has 1 aliphatic rings. The predicted molar refractivity (Wildman–Crippen MR) is 115 cm³/mol. The van der Waals surface area contributed by atoms with Crippen LogP contribution < -0.4 is 0 Å². The first-order valence-electron chi connectivity index (χ1n) is 10.2. The molecule has 2 amide bonds. The second-order valence-electron chi connectivity index (χ2n) is 7.77. The number of carbonyl (C=O) groups excluding carboxylic acids is 2. The SMILES string of the molecule is Cc1nc2ccc(C(=O)N3CCCN(C(=O)c4cc(O)cc(O)c4)CC3)cc2nc1C. The van der Waals surface area contributed by atoms with Gasteiger partial charge in [0.1, 0.15) is 11.5 Å². The fourth-order valence-electron chi connectivity index (χ4n) is 3.77. The van der Waals surface area contributed by atoms with Crippen molar-refractivity contribution in [3.8, 4) is 11.5 Å². The molecule has 0 unspecified atom stereocenters. The summed E-state index contributed by atoms with van der Waals surface area (Å²) in [6.07, 6.45) is 0.633. The zero-order valence-electron chi connectivity index (χ0n) is 17.5. The van der Waals surface area contributed by atoms with Crippen molar-refractivity contribution < 1.29 is 19.8 Å². The Morgan fingerprint density at radius 2 is 1.29 bits per heavy atom. The van der Waals surface area contributed by atoms with E-state index in [2.05, 4.69) is 9.97 Å². The van der Waals surface area contributed by atoms with Crippen LogP contribution in [0.2, 0.25) is 0 Å². The number of nitrogens with zero attached hydrogens (tertiary/aromatic N) is 4. The first-order chi connectivity index (χ1) is 14.8. The third kappa shape index (κ3) is 4.28. The maximum Gasteiger partial charge on any atom is 0.254 e. The Morgan fingerprint density at radius 3 is 1.90 bits per heavy atom. The molecule has 3 aromatic rings. The minimum Gasteiger partial charge on any atom is -0.508 e. The summed E-state index contributed by atoms with van der Waals surface area (Å²) >= 11 is 0. The van der Waals surface area contributed by atoms with E-state index in [-0.39, 0.29) is 28.9 Å². The van der Waals surface area contributed by atoms with Crippen LogP contribution in [0.25, 0.3) is 11.0 Å². The molecular formula is C23H24N4O4. The number of phenols is 2. The number of amides is 2. The minimum atomic E-state index is -0.285. The van der Waals surface area contributed by atoms with Crippen LogP contribution in [0.15, 0.2) is 36.4 Å². The molecule has 0 atom stereocenters.